The highest BCUT2D eigenvalue weighted by Crippen LogP contribution is 2.29. The molecule has 0 radical (unpaired) electrons. The lowest BCUT2D eigenvalue weighted by molar-refractivity contribution is 0.0761. The highest BCUT2D eigenvalue weighted by atomic mass is 127. The molecule has 0 aliphatic heterocycles. The molecule has 0 spiro atoms. The number of carbonyl (C=O) groups excluding carboxylic acids is 1. The third kappa shape index (κ3) is 2.70. The third-order valence-electron chi connectivity index (χ3n) is 3.00. The first-order valence-electron chi connectivity index (χ1n) is 5.82. The Kier molecular flexibility index (Phi) is 3.86. The third-order valence-corrected chi connectivity index (χ3v) is 4.43. The van der Waals surface area contributed by atoms with Gasteiger partial charge in [0.05, 0.1) is 5.56 Å². The minimum atomic E-state index is 0.139. The molecular formula is C14H16INO. The Balaban J connectivity index is 2.28. The lowest BCUT2D eigenvalue weighted by Gasteiger charge is -2.21. The number of rotatable bonds is 4. The number of carbonyl (C=O) groups is 1. The molecule has 1 saturated carbocycles. The van der Waals surface area contributed by atoms with Crippen molar-refractivity contribution in [1.29, 1.82) is 0 Å². The summed E-state index contributed by atoms with van der Waals surface area (Å²) >= 11 is 2.25. The average Bonchev–Trinajstić information content (AvgIpc) is 3.13. The number of hydrogen-bond acceptors (Lipinski definition) is 1. The molecule has 2 rings (SSSR count). The van der Waals surface area contributed by atoms with E-state index in [0.29, 0.717) is 12.6 Å². The lowest BCUT2D eigenvalue weighted by atomic mass is 10.1. The molecule has 1 aliphatic carbocycles. The van der Waals surface area contributed by atoms with E-state index in [-0.39, 0.29) is 5.91 Å². The van der Waals surface area contributed by atoms with Crippen LogP contribution < -0.4 is 0 Å². The molecule has 1 amide bonds. The molecule has 0 atom stereocenters. The van der Waals surface area contributed by atoms with E-state index in [4.69, 9.17) is 0 Å². The van der Waals surface area contributed by atoms with Crippen molar-refractivity contribution < 1.29 is 4.79 Å². The van der Waals surface area contributed by atoms with Crippen LogP contribution in [0, 0.1) is 10.5 Å². The first-order chi connectivity index (χ1) is 8.15. The molecule has 0 heterocycles. The SMILES string of the molecule is C=CCN(C(=O)c1cccc(C)c1I)C1CC1. The summed E-state index contributed by atoms with van der Waals surface area (Å²) in [6.07, 6.45) is 4.06. The minimum Gasteiger partial charge on any atom is -0.332 e. The summed E-state index contributed by atoms with van der Waals surface area (Å²) in [6.45, 7) is 6.41. The van der Waals surface area contributed by atoms with E-state index in [2.05, 4.69) is 29.2 Å². The van der Waals surface area contributed by atoms with E-state index < -0.39 is 0 Å². The minimum absolute atomic E-state index is 0.139. The van der Waals surface area contributed by atoms with Gasteiger partial charge in [-0.15, -0.1) is 6.58 Å². The van der Waals surface area contributed by atoms with Gasteiger partial charge in [-0.1, -0.05) is 18.2 Å². The predicted molar refractivity (Wildman–Crippen MR) is 78.2 cm³/mol. The van der Waals surface area contributed by atoms with Crippen LogP contribution in [0.25, 0.3) is 0 Å². The van der Waals surface area contributed by atoms with Gasteiger partial charge >= 0.3 is 0 Å². The average molecular weight is 341 g/mol. The molecule has 0 aromatic heterocycles. The highest BCUT2D eigenvalue weighted by molar-refractivity contribution is 14.1. The van der Waals surface area contributed by atoms with Gasteiger partial charge in [0.2, 0.25) is 0 Å². The maximum Gasteiger partial charge on any atom is 0.255 e. The van der Waals surface area contributed by atoms with Gasteiger partial charge in [-0.2, -0.15) is 0 Å². The van der Waals surface area contributed by atoms with E-state index in [9.17, 15) is 4.79 Å². The quantitative estimate of drug-likeness (QED) is 0.607. The van der Waals surface area contributed by atoms with Crippen LogP contribution in [0.5, 0.6) is 0 Å². The van der Waals surface area contributed by atoms with Crippen molar-refractivity contribution in [2.24, 2.45) is 0 Å². The van der Waals surface area contributed by atoms with E-state index in [1.165, 1.54) is 0 Å². The Labute approximate surface area is 116 Å². The van der Waals surface area contributed by atoms with Crippen molar-refractivity contribution in [2.75, 3.05) is 6.54 Å². The fraction of sp³-hybridized carbons (Fsp3) is 0.357. The van der Waals surface area contributed by atoms with E-state index in [0.717, 1.165) is 27.5 Å². The number of benzene rings is 1. The second-order valence-electron chi connectivity index (χ2n) is 4.41. The Bertz CT molecular complexity index is 452. The zero-order valence-electron chi connectivity index (χ0n) is 9.95. The molecule has 1 fully saturated rings. The van der Waals surface area contributed by atoms with Gasteiger partial charge in [-0.25, -0.2) is 0 Å². The van der Waals surface area contributed by atoms with Crippen molar-refractivity contribution >= 4 is 28.5 Å². The molecule has 0 N–H and O–H groups in total. The van der Waals surface area contributed by atoms with Crippen LogP contribution in [0.4, 0.5) is 0 Å². The molecule has 1 aliphatic rings. The zero-order chi connectivity index (χ0) is 12.4. The smallest absolute Gasteiger partial charge is 0.255 e. The Morgan fingerprint density at radius 1 is 1.59 bits per heavy atom. The van der Waals surface area contributed by atoms with Gasteiger partial charge in [0.25, 0.3) is 5.91 Å². The van der Waals surface area contributed by atoms with Gasteiger partial charge in [0.1, 0.15) is 0 Å². The summed E-state index contributed by atoms with van der Waals surface area (Å²) in [7, 11) is 0. The number of nitrogens with zero attached hydrogens (tertiary/aromatic N) is 1. The Morgan fingerprint density at radius 3 is 2.88 bits per heavy atom. The number of halogens is 1. The summed E-state index contributed by atoms with van der Waals surface area (Å²) < 4.78 is 1.06. The fourth-order valence-corrected chi connectivity index (χ4v) is 2.48. The van der Waals surface area contributed by atoms with Crippen molar-refractivity contribution in [3.8, 4) is 0 Å². The van der Waals surface area contributed by atoms with E-state index in [1.54, 1.807) is 6.08 Å². The molecule has 90 valence electrons. The number of hydrogen-bond donors (Lipinski definition) is 0. The van der Waals surface area contributed by atoms with Gasteiger partial charge in [-0.05, 0) is 54.0 Å². The molecule has 0 bridgehead atoms. The summed E-state index contributed by atoms with van der Waals surface area (Å²) in [5.74, 6) is 0.139. The second kappa shape index (κ2) is 5.21. The molecule has 1 aromatic carbocycles. The van der Waals surface area contributed by atoms with Crippen LogP contribution in [-0.4, -0.2) is 23.4 Å². The largest absolute Gasteiger partial charge is 0.332 e. The van der Waals surface area contributed by atoms with Crippen molar-refractivity contribution in [3.63, 3.8) is 0 Å². The van der Waals surface area contributed by atoms with Crippen LogP contribution in [0.2, 0.25) is 0 Å². The first kappa shape index (κ1) is 12.6. The van der Waals surface area contributed by atoms with E-state index >= 15 is 0 Å². The van der Waals surface area contributed by atoms with Gasteiger partial charge < -0.3 is 4.90 Å². The Hall–Kier alpha value is -0.840. The van der Waals surface area contributed by atoms with Crippen LogP contribution in [0.1, 0.15) is 28.8 Å². The van der Waals surface area contributed by atoms with Crippen molar-refractivity contribution in [2.45, 2.75) is 25.8 Å². The molecule has 17 heavy (non-hydrogen) atoms. The van der Waals surface area contributed by atoms with Crippen LogP contribution in [-0.2, 0) is 0 Å². The standard InChI is InChI=1S/C14H16INO/c1-3-9-16(11-7-8-11)14(17)12-6-4-5-10(2)13(12)15/h3-6,11H,1,7-9H2,2H3. The van der Waals surface area contributed by atoms with Crippen LogP contribution in [0.3, 0.4) is 0 Å². The van der Waals surface area contributed by atoms with Gasteiger partial charge in [0, 0.05) is 16.2 Å². The Morgan fingerprint density at radius 2 is 2.29 bits per heavy atom. The summed E-state index contributed by atoms with van der Waals surface area (Å²) in [5.41, 5.74) is 1.98. The lowest BCUT2D eigenvalue weighted by Crippen LogP contribution is -2.33. The van der Waals surface area contributed by atoms with Gasteiger partial charge in [0.15, 0.2) is 0 Å². The topological polar surface area (TPSA) is 20.3 Å². The number of aryl methyl sites for hydroxylation is 1. The second-order valence-corrected chi connectivity index (χ2v) is 5.49. The fourth-order valence-electron chi connectivity index (χ4n) is 1.89. The maximum atomic E-state index is 12.5. The summed E-state index contributed by atoms with van der Waals surface area (Å²) in [4.78, 5) is 14.4. The van der Waals surface area contributed by atoms with E-state index in [1.807, 2.05) is 30.0 Å². The monoisotopic (exact) mass is 341 g/mol. The molecular weight excluding hydrogens is 325 g/mol. The van der Waals surface area contributed by atoms with Crippen LogP contribution in [0.15, 0.2) is 30.9 Å². The van der Waals surface area contributed by atoms with Gasteiger partial charge in [-0.3, -0.25) is 4.79 Å². The van der Waals surface area contributed by atoms with Crippen molar-refractivity contribution in [1.82, 2.24) is 4.90 Å². The molecule has 0 unspecified atom stereocenters. The molecule has 1 aromatic rings. The molecule has 2 nitrogen and oxygen atoms in total. The number of amides is 1. The normalized spacial score (nSPS) is 14.5. The summed E-state index contributed by atoms with van der Waals surface area (Å²) in [5, 5.41) is 0. The predicted octanol–water partition coefficient (Wildman–Crippen LogP) is 3.39. The highest BCUT2D eigenvalue weighted by Gasteiger charge is 2.32. The maximum absolute atomic E-state index is 12.5. The zero-order valence-corrected chi connectivity index (χ0v) is 12.1. The summed E-state index contributed by atoms with van der Waals surface area (Å²) in [6, 6.07) is 6.32. The molecule has 0 saturated heterocycles. The van der Waals surface area contributed by atoms with Crippen molar-refractivity contribution in [3.05, 3.63) is 45.6 Å². The van der Waals surface area contributed by atoms with Crippen LogP contribution >= 0.6 is 22.6 Å². The molecule has 3 heteroatoms. The first-order valence-corrected chi connectivity index (χ1v) is 6.90.